The first-order chi connectivity index (χ1) is 9.56. The van der Waals surface area contributed by atoms with Crippen LogP contribution in [0.1, 0.15) is 28.1 Å². The summed E-state index contributed by atoms with van der Waals surface area (Å²) in [7, 11) is 1.82. The molecule has 1 amide bonds. The lowest BCUT2D eigenvalue weighted by atomic mass is 10.1. The zero-order chi connectivity index (χ0) is 14.7. The van der Waals surface area contributed by atoms with Crippen LogP contribution in [0.3, 0.4) is 0 Å². The normalized spacial score (nSPS) is 10.7. The van der Waals surface area contributed by atoms with Crippen molar-refractivity contribution in [2.24, 2.45) is 0 Å². The maximum Gasteiger partial charge on any atom is 0.265 e. The molecular formula is C16H20N2OS. The van der Waals surface area contributed by atoms with Gasteiger partial charge in [-0.05, 0) is 25.3 Å². The number of nitrogen functional groups attached to an aromatic ring is 1. The number of rotatable bonds is 5. The van der Waals surface area contributed by atoms with Crippen molar-refractivity contribution in [2.45, 2.75) is 19.8 Å². The van der Waals surface area contributed by atoms with Crippen LogP contribution in [0.15, 0.2) is 30.9 Å². The highest BCUT2D eigenvalue weighted by molar-refractivity contribution is 7.21. The van der Waals surface area contributed by atoms with Crippen LogP contribution >= 0.6 is 11.3 Å². The lowest BCUT2D eigenvalue weighted by molar-refractivity contribution is 0.0799. The summed E-state index contributed by atoms with van der Waals surface area (Å²) in [6, 6.07) is 5.99. The summed E-state index contributed by atoms with van der Waals surface area (Å²) < 4.78 is 1.10. The number of anilines is 1. The molecule has 2 N–H and O–H groups in total. The zero-order valence-electron chi connectivity index (χ0n) is 12.0. The third kappa shape index (κ3) is 2.70. The van der Waals surface area contributed by atoms with E-state index < -0.39 is 0 Å². The van der Waals surface area contributed by atoms with E-state index in [0.29, 0.717) is 10.6 Å². The van der Waals surface area contributed by atoms with E-state index in [1.54, 1.807) is 4.90 Å². The Bertz CT molecular complexity index is 645. The number of nitrogens with zero attached hydrogens (tertiary/aromatic N) is 1. The Morgan fingerprint density at radius 1 is 1.50 bits per heavy atom. The van der Waals surface area contributed by atoms with Crippen LogP contribution in [0, 0.1) is 6.92 Å². The minimum absolute atomic E-state index is 0.00663. The molecule has 0 spiro atoms. The van der Waals surface area contributed by atoms with Gasteiger partial charge in [0.25, 0.3) is 5.91 Å². The summed E-state index contributed by atoms with van der Waals surface area (Å²) in [6.45, 7) is 6.45. The predicted molar refractivity (Wildman–Crippen MR) is 87.4 cm³/mol. The lowest BCUT2D eigenvalue weighted by Crippen LogP contribution is -2.27. The molecule has 0 bridgehead atoms. The van der Waals surface area contributed by atoms with E-state index in [4.69, 9.17) is 5.73 Å². The van der Waals surface area contributed by atoms with Crippen LogP contribution in [0.2, 0.25) is 0 Å². The number of thiophene rings is 1. The first kappa shape index (κ1) is 14.6. The molecule has 4 heteroatoms. The van der Waals surface area contributed by atoms with Crippen LogP contribution < -0.4 is 5.73 Å². The fraction of sp³-hybridized carbons (Fsp3) is 0.312. The molecule has 0 fully saturated rings. The highest BCUT2D eigenvalue weighted by Gasteiger charge is 2.19. The van der Waals surface area contributed by atoms with Crippen LogP contribution in [0.4, 0.5) is 5.69 Å². The maximum absolute atomic E-state index is 12.5. The number of nitrogens with two attached hydrogens (primary N) is 1. The smallest absolute Gasteiger partial charge is 0.265 e. The molecule has 0 aliphatic carbocycles. The molecule has 106 valence electrons. The van der Waals surface area contributed by atoms with Gasteiger partial charge < -0.3 is 10.6 Å². The zero-order valence-corrected chi connectivity index (χ0v) is 12.8. The van der Waals surface area contributed by atoms with Crippen molar-refractivity contribution >= 4 is 33.0 Å². The molecule has 2 rings (SSSR count). The Labute approximate surface area is 123 Å². The molecule has 0 aliphatic rings. The molecule has 0 radical (unpaired) electrons. The number of allylic oxidation sites excluding steroid dienone is 1. The number of carbonyl (C=O) groups is 1. The van der Waals surface area contributed by atoms with Gasteiger partial charge in [-0.25, -0.2) is 0 Å². The summed E-state index contributed by atoms with van der Waals surface area (Å²) in [5, 5.41) is 0.984. The van der Waals surface area contributed by atoms with E-state index in [0.717, 1.165) is 35.0 Å². The van der Waals surface area contributed by atoms with Crippen molar-refractivity contribution in [3.8, 4) is 0 Å². The molecule has 0 atom stereocenters. The maximum atomic E-state index is 12.5. The van der Waals surface area contributed by atoms with Crippen molar-refractivity contribution in [2.75, 3.05) is 19.3 Å². The third-order valence-electron chi connectivity index (χ3n) is 3.39. The summed E-state index contributed by atoms with van der Waals surface area (Å²) in [5.41, 5.74) is 7.91. The average molecular weight is 288 g/mol. The molecule has 2 aromatic rings. The van der Waals surface area contributed by atoms with Gasteiger partial charge >= 0.3 is 0 Å². The number of hydrogen-bond acceptors (Lipinski definition) is 3. The van der Waals surface area contributed by atoms with E-state index in [1.807, 2.05) is 38.2 Å². The highest BCUT2D eigenvalue weighted by Crippen LogP contribution is 2.36. The number of carbonyl (C=O) groups excluding carboxylic acids is 1. The van der Waals surface area contributed by atoms with Crippen molar-refractivity contribution in [1.82, 2.24) is 4.90 Å². The molecule has 20 heavy (non-hydrogen) atoms. The van der Waals surface area contributed by atoms with Crippen molar-refractivity contribution in [3.63, 3.8) is 0 Å². The highest BCUT2D eigenvalue weighted by atomic mass is 32.1. The van der Waals surface area contributed by atoms with Gasteiger partial charge in [-0.1, -0.05) is 24.3 Å². The Morgan fingerprint density at radius 2 is 2.25 bits per heavy atom. The molecular weight excluding hydrogens is 268 g/mol. The van der Waals surface area contributed by atoms with Gasteiger partial charge in [0, 0.05) is 23.7 Å². The van der Waals surface area contributed by atoms with Gasteiger partial charge in [-0.3, -0.25) is 4.79 Å². The first-order valence-electron chi connectivity index (χ1n) is 6.70. The molecule has 1 aromatic heterocycles. The quantitative estimate of drug-likeness (QED) is 0.671. The monoisotopic (exact) mass is 288 g/mol. The largest absolute Gasteiger partial charge is 0.397 e. The Hall–Kier alpha value is -1.81. The van der Waals surface area contributed by atoms with E-state index in [2.05, 4.69) is 6.58 Å². The van der Waals surface area contributed by atoms with Crippen molar-refractivity contribution < 1.29 is 4.79 Å². The van der Waals surface area contributed by atoms with E-state index >= 15 is 0 Å². The summed E-state index contributed by atoms with van der Waals surface area (Å²) in [4.78, 5) is 14.9. The van der Waals surface area contributed by atoms with Crippen molar-refractivity contribution in [3.05, 3.63) is 41.3 Å². The fourth-order valence-electron chi connectivity index (χ4n) is 2.19. The van der Waals surface area contributed by atoms with Gasteiger partial charge in [0.15, 0.2) is 0 Å². The second-order valence-corrected chi connectivity index (χ2v) is 5.97. The number of fused-ring (bicyclic) bond motifs is 1. The van der Waals surface area contributed by atoms with Crippen LogP contribution in [0.25, 0.3) is 10.1 Å². The fourth-order valence-corrected chi connectivity index (χ4v) is 3.37. The lowest BCUT2D eigenvalue weighted by Gasteiger charge is -2.16. The van der Waals surface area contributed by atoms with Crippen LogP contribution in [-0.4, -0.2) is 24.4 Å². The summed E-state index contributed by atoms with van der Waals surface area (Å²) in [5.74, 6) is 0.00663. The number of amides is 1. The summed E-state index contributed by atoms with van der Waals surface area (Å²) >= 11 is 1.49. The first-order valence-corrected chi connectivity index (χ1v) is 7.52. The van der Waals surface area contributed by atoms with Crippen LogP contribution in [0.5, 0.6) is 0 Å². The molecule has 1 heterocycles. The number of benzene rings is 1. The second kappa shape index (κ2) is 6.09. The molecule has 0 aliphatic heterocycles. The van der Waals surface area contributed by atoms with E-state index in [1.165, 1.54) is 11.3 Å². The Balaban J connectivity index is 2.28. The van der Waals surface area contributed by atoms with E-state index in [-0.39, 0.29) is 5.91 Å². The van der Waals surface area contributed by atoms with Gasteiger partial charge in [0.05, 0.1) is 5.69 Å². The SMILES string of the molecule is C=CCCCN(C)C(=O)c1sc2c(C)cccc2c1N. The minimum atomic E-state index is 0.00663. The molecule has 0 saturated heterocycles. The van der Waals surface area contributed by atoms with Gasteiger partial charge in [-0.15, -0.1) is 17.9 Å². The van der Waals surface area contributed by atoms with Gasteiger partial charge in [0.1, 0.15) is 4.88 Å². The van der Waals surface area contributed by atoms with Crippen molar-refractivity contribution in [1.29, 1.82) is 0 Å². The second-order valence-electron chi connectivity index (χ2n) is 4.95. The third-order valence-corrected chi connectivity index (χ3v) is 4.74. The topological polar surface area (TPSA) is 46.3 Å². The van der Waals surface area contributed by atoms with Gasteiger partial charge in [0.2, 0.25) is 0 Å². The Kier molecular flexibility index (Phi) is 4.45. The van der Waals surface area contributed by atoms with E-state index in [9.17, 15) is 4.79 Å². The molecule has 0 unspecified atom stereocenters. The summed E-state index contributed by atoms with van der Waals surface area (Å²) in [6.07, 6.45) is 3.71. The standard InChI is InChI=1S/C16H20N2OS/c1-4-5-6-10-18(3)16(19)15-13(17)12-9-7-8-11(2)14(12)20-15/h4,7-9H,1,5-6,10,17H2,2-3H3. The number of unbranched alkanes of at least 4 members (excludes halogenated alkanes) is 1. The predicted octanol–water partition coefficient (Wildman–Crippen LogP) is 3.83. The van der Waals surface area contributed by atoms with Crippen LogP contribution in [-0.2, 0) is 0 Å². The average Bonchev–Trinajstić information content (AvgIpc) is 2.77. The van der Waals surface area contributed by atoms with Gasteiger partial charge in [-0.2, -0.15) is 0 Å². The number of hydrogen-bond donors (Lipinski definition) is 1. The Morgan fingerprint density at radius 3 is 2.90 bits per heavy atom. The minimum Gasteiger partial charge on any atom is -0.397 e. The molecule has 0 saturated carbocycles. The molecule has 1 aromatic carbocycles. The number of aryl methyl sites for hydroxylation is 1. The molecule has 3 nitrogen and oxygen atoms in total.